The summed E-state index contributed by atoms with van der Waals surface area (Å²) in [4.78, 5) is 6.29. The highest BCUT2D eigenvalue weighted by Crippen LogP contribution is 2.27. The maximum absolute atomic E-state index is 13.5. The molecular formula is C23H27FN2O2S. The van der Waals surface area contributed by atoms with Crippen LogP contribution in [0.4, 0.5) is 4.39 Å². The fourth-order valence-electron chi connectivity index (χ4n) is 3.99. The first-order valence-electron chi connectivity index (χ1n) is 10.1. The average molecular weight is 415 g/mol. The molecule has 3 aromatic rings. The molecule has 1 saturated heterocycles. The molecule has 1 unspecified atom stereocenters. The molecule has 0 spiro atoms. The number of aromatic amines is 1. The van der Waals surface area contributed by atoms with Crippen LogP contribution in [0.25, 0.3) is 10.9 Å². The topological polar surface area (TPSA) is 62.3 Å². The average Bonchev–Trinajstić information content (AvgIpc) is 3.10. The van der Waals surface area contributed by atoms with Crippen LogP contribution in [0.3, 0.4) is 0 Å². The van der Waals surface area contributed by atoms with Gasteiger partial charge in [0, 0.05) is 36.7 Å². The van der Waals surface area contributed by atoms with Gasteiger partial charge in [-0.1, -0.05) is 17.7 Å². The number of aryl methyl sites for hydroxylation is 1. The minimum Gasteiger partial charge on any atom is -0.611 e. The summed E-state index contributed by atoms with van der Waals surface area (Å²) >= 11 is -1.19. The molecular weight excluding hydrogens is 387 g/mol. The van der Waals surface area contributed by atoms with Gasteiger partial charge in [-0.25, -0.2) is 4.39 Å². The molecule has 0 amide bonds. The summed E-state index contributed by atoms with van der Waals surface area (Å²) in [5.41, 5.74) is 2.32. The lowest BCUT2D eigenvalue weighted by molar-refractivity contribution is -0.00210. The molecule has 0 radical (unpaired) electrons. The van der Waals surface area contributed by atoms with E-state index in [4.69, 9.17) is 0 Å². The number of hydrogen-bond acceptors (Lipinski definition) is 3. The summed E-state index contributed by atoms with van der Waals surface area (Å²) in [5, 5.41) is 11.9. The normalized spacial score (nSPS) is 18.2. The van der Waals surface area contributed by atoms with Gasteiger partial charge in [0.15, 0.2) is 4.90 Å². The third-order valence-corrected chi connectivity index (χ3v) is 7.49. The fourth-order valence-corrected chi connectivity index (χ4v) is 5.37. The zero-order chi connectivity index (χ0) is 20.4. The van der Waals surface area contributed by atoms with Crippen LogP contribution >= 0.6 is 0 Å². The Hall–Kier alpha value is -1.86. The molecule has 0 saturated carbocycles. The number of benzene rings is 2. The fraction of sp³-hybridized carbons (Fsp3) is 0.391. The summed E-state index contributed by atoms with van der Waals surface area (Å²) < 4.78 is 26.2. The molecule has 1 aliphatic heterocycles. The van der Waals surface area contributed by atoms with Gasteiger partial charge >= 0.3 is 0 Å². The number of aliphatic hydroxyl groups is 1. The van der Waals surface area contributed by atoms with Crippen LogP contribution in [-0.4, -0.2) is 50.5 Å². The molecule has 4 nitrogen and oxygen atoms in total. The molecule has 1 aromatic heterocycles. The molecule has 29 heavy (non-hydrogen) atoms. The van der Waals surface area contributed by atoms with Crippen molar-refractivity contribution in [3.05, 3.63) is 65.6 Å². The third kappa shape index (κ3) is 4.83. The summed E-state index contributed by atoms with van der Waals surface area (Å²) in [6.07, 6.45) is 4.02. The number of aromatic nitrogens is 1. The number of halogens is 1. The van der Waals surface area contributed by atoms with Crippen LogP contribution in [0.1, 0.15) is 24.0 Å². The number of nitrogens with one attached hydrogen (secondary N) is 1. The number of fused-ring (bicyclic) bond motifs is 1. The first-order valence-corrected chi connectivity index (χ1v) is 11.4. The largest absolute Gasteiger partial charge is 0.611 e. The van der Waals surface area contributed by atoms with Crippen molar-refractivity contribution in [2.75, 3.05) is 25.4 Å². The van der Waals surface area contributed by atoms with Gasteiger partial charge in [0.2, 0.25) is 0 Å². The van der Waals surface area contributed by atoms with Gasteiger partial charge in [0.1, 0.15) is 17.2 Å². The van der Waals surface area contributed by atoms with Crippen LogP contribution in [-0.2, 0) is 17.6 Å². The number of likely N-dealkylation sites (tertiary alicyclic amines) is 1. The van der Waals surface area contributed by atoms with Gasteiger partial charge in [0.25, 0.3) is 0 Å². The third-order valence-electron chi connectivity index (χ3n) is 5.90. The van der Waals surface area contributed by atoms with Crippen molar-refractivity contribution in [3.8, 4) is 0 Å². The second kappa shape index (κ2) is 8.48. The van der Waals surface area contributed by atoms with Crippen molar-refractivity contribution < 1.29 is 14.0 Å². The highest BCUT2D eigenvalue weighted by Gasteiger charge is 2.37. The van der Waals surface area contributed by atoms with E-state index in [0.717, 1.165) is 53.0 Å². The van der Waals surface area contributed by atoms with Crippen LogP contribution in [0.5, 0.6) is 0 Å². The SMILES string of the molecule is Cc1ccc([S+]([O-])CC2(O)CCN(CCc3c[nH]c4ccc(F)cc34)CC2)cc1. The lowest BCUT2D eigenvalue weighted by atomic mass is 9.93. The smallest absolute Gasteiger partial charge is 0.152 e. The Balaban J connectivity index is 1.30. The predicted octanol–water partition coefficient (Wildman–Crippen LogP) is 3.79. The molecule has 6 heteroatoms. The van der Waals surface area contributed by atoms with Crippen molar-refractivity contribution in [3.63, 3.8) is 0 Å². The molecule has 2 N–H and O–H groups in total. The second-order valence-electron chi connectivity index (χ2n) is 8.12. The molecule has 1 atom stereocenters. The Morgan fingerprint density at radius 1 is 1.17 bits per heavy atom. The molecule has 0 bridgehead atoms. The molecule has 1 fully saturated rings. The van der Waals surface area contributed by atoms with Crippen LogP contribution in [0.2, 0.25) is 0 Å². The number of rotatable bonds is 6. The lowest BCUT2D eigenvalue weighted by Gasteiger charge is -2.37. The van der Waals surface area contributed by atoms with Crippen molar-refractivity contribution >= 4 is 22.1 Å². The van der Waals surface area contributed by atoms with E-state index in [1.165, 1.54) is 6.07 Å². The highest BCUT2D eigenvalue weighted by atomic mass is 32.2. The van der Waals surface area contributed by atoms with E-state index in [1.54, 1.807) is 12.1 Å². The quantitative estimate of drug-likeness (QED) is 0.603. The maximum atomic E-state index is 13.5. The first-order chi connectivity index (χ1) is 13.9. The zero-order valence-electron chi connectivity index (χ0n) is 16.7. The van der Waals surface area contributed by atoms with Gasteiger partial charge in [-0.15, -0.1) is 0 Å². The summed E-state index contributed by atoms with van der Waals surface area (Å²) in [6.45, 7) is 4.42. The molecule has 1 aliphatic rings. The van der Waals surface area contributed by atoms with E-state index in [9.17, 15) is 14.0 Å². The summed E-state index contributed by atoms with van der Waals surface area (Å²) in [5.74, 6) is 0.0639. The number of H-pyrrole nitrogens is 1. The monoisotopic (exact) mass is 414 g/mol. The van der Waals surface area contributed by atoms with Crippen LogP contribution < -0.4 is 0 Å². The van der Waals surface area contributed by atoms with Crippen LogP contribution in [0, 0.1) is 12.7 Å². The predicted molar refractivity (Wildman–Crippen MR) is 115 cm³/mol. The minimum absolute atomic E-state index is 0.219. The highest BCUT2D eigenvalue weighted by molar-refractivity contribution is 7.91. The molecule has 2 aromatic carbocycles. The molecule has 2 heterocycles. The van der Waals surface area contributed by atoms with Gasteiger partial charge in [-0.2, -0.15) is 0 Å². The second-order valence-corrected chi connectivity index (χ2v) is 9.57. The number of hydrogen-bond donors (Lipinski definition) is 2. The van der Waals surface area contributed by atoms with Crippen molar-refractivity contribution in [1.82, 2.24) is 9.88 Å². The van der Waals surface area contributed by atoms with E-state index >= 15 is 0 Å². The Labute approximate surface area is 173 Å². The van der Waals surface area contributed by atoms with E-state index in [2.05, 4.69) is 9.88 Å². The Kier molecular flexibility index (Phi) is 5.97. The van der Waals surface area contributed by atoms with Gasteiger partial charge in [0.05, 0.1) is 0 Å². The maximum Gasteiger partial charge on any atom is 0.152 e. The van der Waals surface area contributed by atoms with Gasteiger partial charge in [-0.3, -0.25) is 0 Å². The summed E-state index contributed by atoms with van der Waals surface area (Å²) in [6, 6.07) is 12.5. The van der Waals surface area contributed by atoms with E-state index in [0.29, 0.717) is 12.8 Å². The zero-order valence-corrected chi connectivity index (χ0v) is 17.5. The van der Waals surface area contributed by atoms with Crippen molar-refractivity contribution in [2.24, 2.45) is 0 Å². The van der Waals surface area contributed by atoms with Crippen molar-refractivity contribution in [1.29, 1.82) is 0 Å². The standard InChI is InChI=1S/C23H27FN2O2S/c1-17-2-5-20(6-3-17)29(28)16-23(27)9-12-26(13-10-23)11-8-18-15-25-22-7-4-19(24)14-21(18)22/h2-7,14-15,25,27H,8-13,16H2,1H3. The number of nitrogens with zero attached hydrogens (tertiary/aromatic N) is 1. The summed E-state index contributed by atoms with van der Waals surface area (Å²) in [7, 11) is 0. The Bertz CT molecular complexity index is 965. The minimum atomic E-state index is -1.19. The Morgan fingerprint density at radius 2 is 1.90 bits per heavy atom. The molecule has 4 rings (SSSR count). The Morgan fingerprint density at radius 3 is 2.62 bits per heavy atom. The van der Waals surface area contributed by atoms with Crippen LogP contribution in [0.15, 0.2) is 53.6 Å². The number of piperidine rings is 1. The van der Waals surface area contributed by atoms with E-state index in [1.807, 2.05) is 37.4 Å². The first kappa shape index (κ1) is 20.4. The van der Waals surface area contributed by atoms with E-state index in [-0.39, 0.29) is 11.6 Å². The van der Waals surface area contributed by atoms with Crippen molar-refractivity contribution in [2.45, 2.75) is 36.7 Å². The molecule has 0 aliphatic carbocycles. The lowest BCUT2D eigenvalue weighted by Crippen LogP contribution is -2.48. The molecule has 154 valence electrons. The van der Waals surface area contributed by atoms with Gasteiger partial charge in [-0.05, 0) is 73.3 Å². The van der Waals surface area contributed by atoms with Gasteiger partial charge < -0.3 is 19.5 Å². The van der Waals surface area contributed by atoms with E-state index < -0.39 is 16.8 Å².